The molecular weight excluding hydrogens is 338 g/mol. The molecule has 1 aromatic carbocycles. The fourth-order valence-corrected chi connectivity index (χ4v) is 4.32. The van der Waals surface area contributed by atoms with E-state index in [1.54, 1.807) is 12.1 Å². The molecule has 0 spiro atoms. The second-order valence-electron chi connectivity index (χ2n) is 6.63. The Morgan fingerprint density at radius 3 is 2.40 bits per heavy atom. The van der Waals surface area contributed by atoms with Gasteiger partial charge in [-0.05, 0) is 43.5 Å². The maximum Gasteiger partial charge on any atom is 0.243 e. The Kier molecular flexibility index (Phi) is 6.98. The van der Waals surface area contributed by atoms with Crippen LogP contribution in [-0.4, -0.2) is 62.8 Å². The van der Waals surface area contributed by atoms with E-state index >= 15 is 0 Å². The van der Waals surface area contributed by atoms with Crippen molar-refractivity contribution in [2.75, 3.05) is 39.3 Å². The molecule has 0 atom stereocenters. The molecule has 1 aliphatic heterocycles. The van der Waals surface area contributed by atoms with Crippen molar-refractivity contribution in [1.82, 2.24) is 14.5 Å². The van der Waals surface area contributed by atoms with E-state index in [0.29, 0.717) is 44.2 Å². The van der Waals surface area contributed by atoms with E-state index in [1.165, 1.54) is 4.31 Å². The van der Waals surface area contributed by atoms with Crippen LogP contribution in [0.15, 0.2) is 23.1 Å². The number of nitrogens with one attached hydrogen (secondary N) is 1. The van der Waals surface area contributed by atoms with Crippen LogP contribution in [0.4, 0.5) is 0 Å². The van der Waals surface area contributed by atoms with Crippen molar-refractivity contribution >= 4 is 15.9 Å². The first-order chi connectivity index (χ1) is 11.8. The van der Waals surface area contributed by atoms with Gasteiger partial charge in [-0.2, -0.15) is 4.31 Å². The van der Waals surface area contributed by atoms with Crippen molar-refractivity contribution < 1.29 is 13.2 Å². The molecule has 0 aliphatic carbocycles. The van der Waals surface area contributed by atoms with Gasteiger partial charge in [0.25, 0.3) is 0 Å². The number of unbranched alkanes of at least 4 members (excludes halogenated alkanes) is 1. The predicted molar refractivity (Wildman–Crippen MR) is 99.0 cm³/mol. The summed E-state index contributed by atoms with van der Waals surface area (Å²) in [4.78, 5) is 14.2. The minimum absolute atomic E-state index is 0.0129. The summed E-state index contributed by atoms with van der Waals surface area (Å²) in [5, 5.41) is 2.90. The second-order valence-corrected chi connectivity index (χ2v) is 8.57. The number of carbonyl (C=O) groups excluding carboxylic acids is 1. The predicted octanol–water partition coefficient (Wildman–Crippen LogP) is 1.53. The molecular formula is C18H29N3O3S. The van der Waals surface area contributed by atoms with E-state index in [0.717, 1.165) is 24.0 Å². The standard InChI is InChI=1S/C18H29N3O3S/c1-4-5-8-19-18(22)14-20-9-11-21(12-10-20)25(23,24)17-7-6-15(2)16(3)13-17/h6-7,13H,4-5,8-12,14H2,1-3H3,(H,19,22). The zero-order valence-electron chi connectivity index (χ0n) is 15.4. The third kappa shape index (κ3) is 5.26. The maximum atomic E-state index is 12.8. The summed E-state index contributed by atoms with van der Waals surface area (Å²) < 4.78 is 27.1. The molecule has 25 heavy (non-hydrogen) atoms. The van der Waals surface area contributed by atoms with Gasteiger partial charge in [0.1, 0.15) is 0 Å². The Morgan fingerprint density at radius 2 is 1.80 bits per heavy atom. The van der Waals surface area contributed by atoms with E-state index in [-0.39, 0.29) is 5.91 Å². The van der Waals surface area contributed by atoms with Crippen molar-refractivity contribution in [3.05, 3.63) is 29.3 Å². The number of carbonyl (C=O) groups is 1. The Hall–Kier alpha value is -1.44. The van der Waals surface area contributed by atoms with E-state index in [2.05, 4.69) is 12.2 Å². The Balaban J connectivity index is 1.90. The Morgan fingerprint density at radius 1 is 1.12 bits per heavy atom. The largest absolute Gasteiger partial charge is 0.355 e. The van der Waals surface area contributed by atoms with Crippen LogP contribution in [0.25, 0.3) is 0 Å². The highest BCUT2D eigenvalue weighted by Crippen LogP contribution is 2.20. The van der Waals surface area contributed by atoms with Crippen molar-refractivity contribution in [3.63, 3.8) is 0 Å². The molecule has 1 heterocycles. The lowest BCUT2D eigenvalue weighted by atomic mass is 10.1. The molecule has 0 radical (unpaired) electrons. The van der Waals surface area contributed by atoms with Gasteiger partial charge in [0.15, 0.2) is 0 Å². The van der Waals surface area contributed by atoms with Gasteiger partial charge >= 0.3 is 0 Å². The molecule has 1 aliphatic rings. The van der Waals surface area contributed by atoms with Crippen LogP contribution in [0.5, 0.6) is 0 Å². The highest BCUT2D eigenvalue weighted by Gasteiger charge is 2.29. The number of rotatable bonds is 7. The van der Waals surface area contributed by atoms with Gasteiger partial charge < -0.3 is 5.32 Å². The highest BCUT2D eigenvalue weighted by molar-refractivity contribution is 7.89. The van der Waals surface area contributed by atoms with Crippen LogP contribution in [0.3, 0.4) is 0 Å². The van der Waals surface area contributed by atoms with Gasteiger partial charge in [-0.3, -0.25) is 9.69 Å². The summed E-state index contributed by atoms with van der Waals surface area (Å²) in [5.41, 5.74) is 2.06. The van der Waals surface area contributed by atoms with Crippen molar-refractivity contribution in [2.45, 2.75) is 38.5 Å². The molecule has 1 amide bonds. The molecule has 6 nitrogen and oxygen atoms in total. The number of aryl methyl sites for hydroxylation is 2. The van der Waals surface area contributed by atoms with E-state index in [9.17, 15) is 13.2 Å². The molecule has 1 N–H and O–H groups in total. The average Bonchev–Trinajstić information content (AvgIpc) is 2.58. The van der Waals surface area contributed by atoms with Crippen LogP contribution in [-0.2, 0) is 14.8 Å². The molecule has 1 fully saturated rings. The number of hydrogen-bond donors (Lipinski definition) is 1. The Bertz CT molecular complexity index is 696. The molecule has 0 bridgehead atoms. The lowest BCUT2D eigenvalue weighted by Crippen LogP contribution is -2.51. The van der Waals surface area contributed by atoms with E-state index < -0.39 is 10.0 Å². The lowest BCUT2D eigenvalue weighted by Gasteiger charge is -2.33. The summed E-state index contributed by atoms with van der Waals surface area (Å²) in [7, 11) is -3.46. The van der Waals surface area contributed by atoms with Gasteiger partial charge in [0, 0.05) is 32.7 Å². The monoisotopic (exact) mass is 367 g/mol. The van der Waals surface area contributed by atoms with Gasteiger partial charge in [0.2, 0.25) is 15.9 Å². The second kappa shape index (κ2) is 8.78. The fraction of sp³-hybridized carbons (Fsp3) is 0.611. The normalized spacial score (nSPS) is 16.8. The highest BCUT2D eigenvalue weighted by atomic mass is 32.2. The van der Waals surface area contributed by atoms with Crippen LogP contribution >= 0.6 is 0 Å². The zero-order valence-corrected chi connectivity index (χ0v) is 16.2. The maximum absolute atomic E-state index is 12.8. The number of amides is 1. The first-order valence-corrected chi connectivity index (χ1v) is 10.3. The summed E-state index contributed by atoms with van der Waals surface area (Å²) in [6.07, 6.45) is 2.03. The SMILES string of the molecule is CCCCNC(=O)CN1CCN(S(=O)(=O)c2ccc(C)c(C)c2)CC1. The summed E-state index contributed by atoms with van der Waals surface area (Å²) in [6.45, 7) is 8.99. The van der Waals surface area contributed by atoms with Gasteiger partial charge in [0.05, 0.1) is 11.4 Å². The molecule has 1 saturated heterocycles. The average molecular weight is 368 g/mol. The van der Waals surface area contributed by atoms with Gasteiger partial charge in [-0.15, -0.1) is 0 Å². The first kappa shape index (κ1) is 19.9. The number of sulfonamides is 1. The topological polar surface area (TPSA) is 69.7 Å². The van der Waals surface area contributed by atoms with E-state index in [4.69, 9.17) is 0 Å². The number of nitrogens with zero attached hydrogens (tertiary/aromatic N) is 2. The molecule has 1 aromatic rings. The lowest BCUT2D eigenvalue weighted by molar-refractivity contribution is -0.122. The van der Waals surface area contributed by atoms with Crippen LogP contribution in [0.2, 0.25) is 0 Å². The van der Waals surface area contributed by atoms with Crippen LogP contribution in [0, 0.1) is 13.8 Å². The van der Waals surface area contributed by atoms with E-state index in [1.807, 2.05) is 24.8 Å². The van der Waals surface area contributed by atoms with Crippen molar-refractivity contribution in [2.24, 2.45) is 0 Å². The van der Waals surface area contributed by atoms with Crippen LogP contribution in [0.1, 0.15) is 30.9 Å². The van der Waals surface area contributed by atoms with Gasteiger partial charge in [-0.25, -0.2) is 8.42 Å². The third-order valence-electron chi connectivity index (χ3n) is 4.67. The summed E-state index contributed by atoms with van der Waals surface area (Å²) in [5.74, 6) is 0.0129. The number of benzene rings is 1. The molecule has 0 unspecified atom stereocenters. The Labute approximate surface area is 151 Å². The number of piperazine rings is 1. The fourth-order valence-electron chi connectivity index (χ4n) is 2.82. The third-order valence-corrected chi connectivity index (χ3v) is 6.56. The zero-order chi connectivity index (χ0) is 18.4. The minimum Gasteiger partial charge on any atom is -0.355 e. The molecule has 0 aromatic heterocycles. The van der Waals surface area contributed by atoms with Crippen LogP contribution < -0.4 is 5.32 Å². The summed E-state index contributed by atoms with van der Waals surface area (Å²) in [6, 6.07) is 5.25. The minimum atomic E-state index is -3.46. The summed E-state index contributed by atoms with van der Waals surface area (Å²) >= 11 is 0. The quantitative estimate of drug-likeness (QED) is 0.742. The molecule has 2 rings (SSSR count). The molecule has 140 valence electrons. The van der Waals surface area contributed by atoms with Crippen molar-refractivity contribution in [3.8, 4) is 0 Å². The molecule has 7 heteroatoms. The van der Waals surface area contributed by atoms with Gasteiger partial charge in [-0.1, -0.05) is 19.4 Å². The number of hydrogen-bond acceptors (Lipinski definition) is 4. The first-order valence-electron chi connectivity index (χ1n) is 8.91. The smallest absolute Gasteiger partial charge is 0.243 e. The van der Waals surface area contributed by atoms with Crippen molar-refractivity contribution in [1.29, 1.82) is 0 Å². The molecule has 0 saturated carbocycles.